The Bertz CT molecular complexity index is 449. The first-order valence-electron chi connectivity index (χ1n) is 5.95. The Morgan fingerprint density at radius 1 is 1.35 bits per heavy atom. The van der Waals surface area contributed by atoms with Crippen LogP contribution in [-0.2, 0) is 11.2 Å². The molecular weight excluding hydrogens is 216 g/mol. The molecule has 3 nitrogen and oxygen atoms in total. The molecule has 0 bridgehead atoms. The van der Waals surface area contributed by atoms with Crippen LogP contribution in [0.3, 0.4) is 0 Å². The molecular formula is C14H16O3. The molecule has 2 rings (SSSR count). The number of Topliss-reactive ketones (excluding diaryl/α,β-unsaturated/α-hetero) is 2. The zero-order valence-corrected chi connectivity index (χ0v) is 9.99. The van der Waals surface area contributed by atoms with Gasteiger partial charge in [0.25, 0.3) is 0 Å². The fourth-order valence-corrected chi connectivity index (χ4v) is 2.03. The molecule has 0 fully saturated rings. The second-order valence-electron chi connectivity index (χ2n) is 4.40. The number of ketones is 2. The van der Waals surface area contributed by atoms with Crippen LogP contribution in [0.25, 0.3) is 0 Å². The third kappa shape index (κ3) is 2.93. The Morgan fingerprint density at radius 3 is 2.94 bits per heavy atom. The molecule has 3 heteroatoms. The zero-order valence-electron chi connectivity index (χ0n) is 9.99. The van der Waals surface area contributed by atoms with Gasteiger partial charge in [-0.15, -0.1) is 0 Å². The van der Waals surface area contributed by atoms with Crippen molar-refractivity contribution in [3.63, 3.8) is 0 Å². The van der Waals surface area contributed by atoms with Crippen LogP contribution in [0.5, 0.6) is 5.75 Å². The van der Waals surface area contributed by atoms with Crippen LogP contribution in [0.4, 0.5) is 0 Å². The molecule has 0 radical (unpaired) electrons. The molecule has 0 heterocycles. The molecule has 0 aliphatic heterocycles. The van der Waals surface area contributed by atoms with Gasteiger partial charge in [-0.1, -0.05) is 0 Å². The molecule has 1 aliphatic carbocycles. The minimum absolute atomic E-state index is 0.188. The Labute approximate surface area is 101 Å². The average Bonchev–Trinajstić information content (AvgIpc) is 2.66. The Balaban J connectivity index is 1.90. The van der Waals surface area contributed by atoms with Gasteiger partial charge in [0.15, 0.2) is 5.78 Å². The molecule has 1 aromatic rings. The lowest BCUT2D eigenvalue weighted by Crippen LogP contribution is -2.01. The summed E-state index contributed by atoms with van der Waals surface area (Å²) in [5, 5.41) is 0. The van der Waals surface area contributed by atoms with Crippen molar-refractivity contribution in [1.29, 1.82) is 0 Å². The van der Waals surface area contributed by atoms with E-state index in [-0.39, 0.29) is 11.6 Å². The third-order valence-corrected chi connectivity index (χ3v) is 2.94. The summed E-state index contributed by atoms with van der Waals surface area (Å²) in [6.07, 6.45) is 2.73. The van der Waals surface area contributed by atoms with E-state index in [0.29, 0.717) is 19.4 Å². The van der Waals surface area contributed by atoms with Gasteiger partial charge in [-0.25, -0.2) is 0 Å². The number of rotatable bonds is 5. The first kappa shape index (κ1) is 11.8. The van der Waals surface area contributed by atoms with Crippen molar-refractivity contribution >= 4 is 11.6 Å². The Kier molecular flexibility index (Phi) is 3.57. The average molecular weight is 232 g/mol. The summed E-state index contributed by atoms with van der Waals surface area (Å²) in [7, 11) is 0. The topological polar surface area (TPSA) is 43.4 Å². The summed E-state index contributed by atoms with van der Waals surface area (Å²) in [6, 6.07) is 5.61. The monoisotopic (exact) mass is 232 g/mol. The molecule has 0 spiro atoms. The minimum Gasteiger partial charge on any atom is -0.494 e. The molecule has 0 saturated carbocycles. The van der Waals surface area contributed by atoms with Crippen LogP contribution in [0.1, 0.15) is 42.1 Å². The van der Waals surface area contributed by atoms with Crippen molar-refractivity contribution in [1.82, 2.24) is 0 Å². The third-order valence-electron chi connectivity index (χ3n) is 2.94. The van der Waals surface area contributed by atoms with Crippen molar-refractivity contribution in [2.45, 2.75) is 32.6 Å². The summed E-state index contributed by atoms with van der Waals surface area (Å²) >= 11 is 0. The van der Waals surface area contributed by atoms with E-state index in [1.807, 2.05) is 18.2 Å². The minimum atomic E-state index is 0.188. The molecule has 0 aromatic heterocycles. The van der Waals surface area contributed by atoms with E-state index in [1.54, 1.807) is 6.92 Å². The fourth-order valence-electron chi connectivity index (χ4n) is 2.03. The summed E-state index contributed by atoms with van der Waals surface area (Å²) in [5.74, 6) is 1.21. The van der Waals surface area contributed by atoms with Gasteiger partial charge in [0.1, 0.15) is 11.5 Å². The maximum Gasteiger partial charge on any atom is 0.163 e. The number of carbonyl (C=O) groups excluding carboxylic acids is 2. The molecule has 0 N–H and O–H groups in total. The number of benzene rings is 1. The van der Waals surface area contributed by atoms with E-state index in [0.717, 1.165) is 29.7 Å². The first-order valence-corrected chi connectivity index (χ1v) is 5.95. The van der Waals surface area contributed by atoms with E-state index in [1.165, 1.54) is 0 Å². The molecule has 0 unspecified atom stereocenters. The van der Waals surface area contributed by atoms with E-state index >= 15 is 0 Å². The summed E-state index contributed by atoms with van der Waals surface area (Å²) in [6.45, 7) is 2.13. The number of hydrogen-bond donors (Lipinski definition) is 0. The molecule has 1 aliphatic rings. The van der Waals surface area contributed by atoms with Crippen LogP contribution >= 0.6 is 0 Å². The SMILES string of the molecule is CC(=O)CCCOc1ccc2c(c1)CCC2=O. The second-order valence-corrected chi connectivity index (χ2v) is 4.40. The molecule has 0 amide bonds. The largest absolute Gasteiger partial charge is 0.494 e. The molecule has 1 aromatic carbocycles. The van der Waals surface area contributed by atoms with Crippen LogP contribution in [0.15, 0.2) is 18.2 Å². The second kappa shape index (κ2) is 5.13. The summed E-state index contributed by atoms with van der Waals surface area (Å²) < 4.78 is 5.55. The van der Waals surface area contributed by atoms with Gasteiger partial charge in [-0.3, -0.25) is 4.79 Å². The van der Waals surface area contributed by atoms with Crippen molar-refractivity contribution < 1.29 is 14.3 Å². The number of carbonyl (C=O) groups is 2. The number of ether oxygens (including phenoxy) is 1. The Morgan fingerprint density at radius 2 is 2.18 bits per heavy atom. The van der Waals surface area contributed by atoms with E-state index in [2.05, 4.69) is 0 Å². The van der Waals surface area contributed by atoms with Crippen LogP contribution in [-0.4, -0.2) is 18.2 Å². The lowest BCUT2D eigenvalue weighted by Gasteiger charge is -2.07. The van der Waals surface area contributed by atoms with Crippen LogP contribution < -0.4 is 4.74 Å². The quantitative estimate of drug-likeness (QED) is 0.733. The van der Waals surface area contributed by atoms with E-state index in [4.69, 9.17) is 4.74 Å². The molecule has 90 valence electrons. The maximum absolute atomic E-state index is 11.4. The smallest absolute Gasteiger partial charge is 0.163 e. The van der Waals surface area contributed by atoms with Gasteiger partial charge in [-0.05, 0) is 43.5 Å². The van der Waals surface area contributed by atoms with Gasteiger partial charge >= 0.3 is 0 Å². The van der Waals surface area contributed by atoms with Gasteiger partial charge in [0, 0.05) is 18.4 Å². The summed E-state index contributed by atoms with van der Waals surface area (Å²) in [5.41, 5.74) is 1.92. The normalized spacial score (nSPS) is 13.6. The Hall–Kier alpha value is -1.64. The van der Waals surface area contributed by atoms with Crippen molar-refractivity contribution in [2.24, 2.45) is 0 Å². The highest BCUT2D eigenvalue weighted by atomic mass is 16.5. The predicted octanol–water partition coefficient (Wildman–Crippen LogP) is 2.56. The predicted molar refractivity (Wildman–Crippen MR) is 64.5 cm³/mol. The van der Waals surface area contributed by atoms with Gasteiger partial charge < -0.3 is 9.53 Å². The lowest BCUT2D eigenvalue weighted by atomic mass is 10.1. The number of aryl methyl sites for hydroxylation is 1. The maximum atomic E-state index is 11.4. The fraction of sp³-hybridized carbons (Fsp3) is 0.429. The van der Waals surface area contributed by atoms with E-state index in [9.17, 15) is 9.59 Å². The van der Waals surface area contributed by atoms with Gasteiger partial charge in [0.2, 0.25) is 0 Å². The van der Waals surface area contributed by atoms with Crippen LogP contribution in [0, 0.1) is 0 Å². The van der Waals surface area contributed by atoms with Crippen molar-refractivity contribution in [2.75, 3.05) is 6.61 Å². The molecule has 0 atom stereocenters. The summed E-state index contributed by atoms with van der Waals surface area (Å²) in [4.78, 5) is 22.2. The van der Waals surface area contributed by atoms with Gasteiger partial charge in [0.05, 0.1) is 6.61 Å². The standard InChI is InChI=1S/C14H16O3/c1-10(15)3-2-8-17-12-5-6-13-11(9-12)4-7-14(13)16/h5-6,9H,2-4,7-8H2,1H3. The van der Waals surface area contributed by atoms with E-state index < -0.39 is 0 Å². The highest BCUT2D eigenvalue weighted by molar-refractivity contribution is 6.00. The lowest BCUT2D eigenvalue weighted by molar-refractivity contribution is -0.117. The number of hydrogen-bond acceptors (Lipinski definition) is 3. The first-order chi connectivity index (χ1) is 8.16. The van der Waals surface area contributed by atoms with Crippen LogP contribution in [0.2, 0.25) is 0 Å². The van der Waals surface area contributed by atoms with Crippen molar-refractivity contribution in [3.05, 3.63) is 29.3 Å². The number of fused-ring (bicyclic) bond motifs is 1. The highest BCUT2D eigenvalue weighted by Gasteiger charge is 2.19. The zero-order chi connectivity index (χ0) is 12.3. The highest BCUT2D eigenvalue weighted by Crippen LogP contribution is 2.26. The molecule has 0 saturated heterocycles. The molecule has 17 heavy (non-hydrogen) atoms. The van der Waals surface area contributed by atoms with Crippen molar-refractivity contribution in [3.8, 4) is 5.75 Å². The van der Waals surface area contributed by atoms with Gasteiger partial charge in [-0.2, -0.15) is 0 Å².